The normalized spacial score (nSPS) is 18.2. The topological polar surface area (TPSA) is 26.3 Å². The van der Waals surface area contributed by atoms with Gasteiger partial charge in [0.2, 0.25) is 0 Å². The average molecular weight is 348 g/mol. The van der Waals surface area contributed by atoms with E-state index in [4.69, 9.17) is 4.74 Å². The Kier molecular flexibility index (Phi) is 4.81. The molecule has 0 saturated carbocycles. The molecule has 6 heteroatoms. The largest absolute Gasteiger partial charge is 0.372 e. The van der Waals surface area contributed by atoms with Gasteiger partial charge in [-0.1, -0.05) is 12.1 Å². The standard InChI is InChI=1S/C19H12F4O2/c20-15-3-1-11(7-17(15)22)5-13-9-25-10-14(19(13)24)6-12-2-4-16(21)18(23)8-12/h1-8H,9-10H2/b13-5+,14-6+. The van der Waals surface area contributed by atoms with E-state index in [2.05, 4.69) is 0 Å². The molecule has 0 N–H and O–H groups in total. The molecule has 0 bridgehead atoms. The molecule has 2 nitrogen and oxygen atoms in total. The predicted octanol–water partition coefficient (Wildman–Crippen LogP) is 4.31. The Morgan fingerprint density at radius 2 is 1.16 bits per heavy atom. The fourth-order valence-corrected chi connectivity index (χ4v) is 2.43. The minimum Gasteiger partial charge on any atom is -0.372 e. The molecule has 2 aromatic rings. The lowest BCUT2D eigenvalue weighted by Crippen LogP contribution is -2.21. The molecule has 128 valence electrons. The summed E-state index contributed by atoms with van der Waals surface area (Å²) in [5.74, 6) is -4.34. The summed E-state index contributed by atoms with van der Waals surface area (Å²) in [7, 11) is 0. The first-order valence-electron chi connectivity index (χ1n) is 7.38. The fourth-order valence-electron chi connectivity index (χ4n) is 2.43. The molecule has 1 heterocycles. The lowest BCUT2D eigenvalue weighted by molar-refractivity contribution is -0.114. The quantitative estimate of drug-likeness (QED) is 0.597. The van der Waals surface area contributed by atoms with Crippen LogP contribution < -0.4 is 0 Å². The van der Waals surface area contributed by atoms with Crippen molar-refractivity contribution in [2.24, 2.45) is 0 Å². The van der Waals surface area contributed by atoms with Crippen molar-refractivity contribution in [3.8, 4) is 0 Å². The molecule has 2 aromatic carbocycles. The van der Waals surface area contributed by atoms with Gasteiger partial charge in [-0.25, -0.2) is 17.6 Å². The van der Waals surface area contributed by atoms with Crippen LogP contribution in [-0.2, 0) is 9.53 Å². The zero-order valence-electron chi connectivity index (χ0n) is 12.9. The van der Waals surface area contributed by atoms with E-state index in [0.717, 1.165) is 24.3 Å². The average Bonchev–Trinajstić information content (AvgIpc) is 2.58. The zero-order valence-corrected chi connectivity index (χ0v) is 12.9. The number of benzene rings is 2. The van der Waals surface area contributed by atoms with E-state index in [1.165, 1.54) is 24.3 Å². The Balaban J connectivity index is 1.89. The maximum Gasteiger partial charge on any atom is 0.189 e. The number of ether oxygens (including phenoxy) is 1. The van der Waals surface area contributed by atoms with Crippen LogP contribution in [-0.4, -0.2) is 19.0 Å². The second kappa shape index (κ2) is 7.03. The molecule has 0 aliphatic carbocycles. The van der Waals surface area contributed by atoms with Crippen molar-refractivity contribution in [2.75, 3.05) is 13.2 Å². The third-order valence-electron chi connectivity index (χ3n) is 3.67. The highest BCUT2D eigenvalue weighted by Gasteiger charge is 2.21. The number of rotatable bonds is 2. The van der Waals surface area contributed by atoms with Gasteiger partial charge in [-0.15, -0.1) is 0 Å². The van der Waals surface area contributed by atoms with E-state index in [1.807, 2.05) is 0 Å². The Hall–Kier alpha value is -2.73. The lowest BCUT2D eigenvalue weighted by Gasteiger charge is -2.17. The van der Waals surface area contributed by atoms with Gasteiger partial charge in [-0.2, -0.15) is 0 Å². The molecule has 1 aliphatic rings. The van der Waals surface area contributed by atoms with Crippen LogP contribution in [0.3, 0.4) is 0 Å². The van der Waals surface area contributed by atoms with E-state index >= 15 is 0 Å². The fraction of sp³-hybridized carbons (Fsp3) is 0.105. The van der Waals surface area contributed by atoms with E-state index in [0.29, 0.717) is 11.1 Å². The summed E-state index contributed by atoms with van der Waals surface area (Å²) >= 11 is 0. The molecule has 3 rings (SSSR count). The number of carbonyl (C=O) groups is 1. The van der Waals surface area contributed by atoms with Crippen molar-refractivity contribution in [1.82, 2.24) is 0 Å². The van der Waals surface area contributed by atoms with E-state index in [1.54, 1.807) is 0 Å². The summed E-state index contributed by atoms with van der Waals surface area (Å²) in [5, 5.41) is 0. The summed E-state index contributed by atoms with van der Waals surface area (Å²) in [6.07, 6.45) is 2.81. The first-order chi connectivity index (χ1) is 11.9. The number of carbonyl (C=O) groups excluding carboxylic acids is 1. The van der Waals surface area contributed by atoms with Crippen molar-refractivity contribution in [1.29, 1.82) is 0 Å². The van der Waals surface area contributed by atoms with Gasteiger partial charge < -0.3 is 4.74 Å². The van der Waals surface area contributed by atoms with Crippen molar-refractivity contribution >= 4 is 17.9 Å². The predicted molar refractivity (Wildman–Crippen MR) is 84.5 cm³/mol. The Labute approximate surface area is 141 Å². The minimum absolute atomic E-state index is 0.0208. The first-order valence-corrected chi connectivity index (χ1v) is 7.38. The first kappa shape index (κ1) is 17.1. The van der Waals surface area contributed by atoms with E-state index in [-0.39, 0.29) is 30.1 Å². The Morgan fingerprint density at radius 1 is 0.720 bits per heavy atom. The second-order valence-electron chi connectivity index (χ2n) is 5.51. The maximum absolute atomic E-state index is 13.3. The number of hydrogen-bond donors (Lipinski definition) is 0. The van der Waals surface area contributed by atoms with Crippen molar-refractivity contribution in [3.63, 3.8) is 0 Å². The van der Waals surface area contributed by atoms with Gasteiger partial charge in [-0.3, -0.25) is 4.79 Å². The Bertz CT molecular complexity index is 829. The van der Waals surface area contributed by atoms with E-state index < -0.39 is 23.3 Å². The van der Waals surface area contributed by atoms with Crippen LogP contribution in [0.15, 0.2) is 47.5 Å². The van der Waals surface area contributed by atoms with Crippen LogP contribution in [0.5, 0.6) is 0 Å². The summed E-state index contributed by atoms with van der Waals surface area (Å²) in [6.45, 7) is 0.0416. The maximum atomic E-state index is 13.3. The monoisotopic (exact) mass is 348 g/mol. The molecule has 1 saturated heterocycles. The van der Waals surface area contributed by atoms with Crippen LogP contribution in [0.25, 0.3) is 12.2 Å². The minimum atomic E-state index is -1.02. The second-order valence-corrected chi connectivity index (χ2v) is 5.51. The van der Waals surface area contributed by atoms with Crippen LogP contribution in [0, 0.1) is 23.3 Å². The van der Waals surface area contributed by atoms with E-state index in [9.17, 15) is 22.4 Å². The van der Waals surface area contributed by atoms with Crippen LogP contribution >= 0.6 is 0 Å². The molecule has 0 unspecified atom stereocenters. The van der Waals surface area contributed by atoms with Crippen LogP contribution in [0.2, 0.25) is 0 Å². The lowest BCUT2D eigenvalue weighted by atomic mass is 9.98. The number of ketones is 1. The molecule has 1 fully saturated rings. The summed E-state index contributed by atoms with van der Waals surface area (Å²) in [4.78, 5) is 12.5. The highest BCUT2D eigenvalue weighted by atomic mass is 19.2. The number of Topliss-reactive ketones (excluding diaryl/α,β-unsaturated/α-hetero) is 1. The molecule has 0 spiro atoms. The number of halogens is 4. The highest BCUT2D eigenvalue weighted by molar-refractivity contribution is 6.14. The van der Waals surface area contributed by atoms with Gasteiger partial charge in [0.25, 0.3) is 0 Å². The molecule has 0 radical (unpaired) electrons. The third-order valence-corrected chi connectivity index (χ3v) is 3.67. The molecule has 0 amide bonds. The van der Waals surface area contributed by atoms with Crippen molar-refractivity contribution in [2.45, 2.75) is 0 Å². The number of hydrogen-bond acceptors (Lipinski definition) is 2. The van der Waals surface area contributed by atoms with Gasteiger partial charge in [0.1, 0.15) is 0 Å². The zero-order chi connectivity index (χ0) is 18.0. The smallest absolute Gasteiger partial charge is 0.189 e. The Morgan fingerprint density at radius 3 is 1.56 bits per heavy atom. The van der Waals surface area contributed by atoms with Gasteiger partial charge in [0.05, 0.1) is 13.2 Å². The van der Waals surface area contributed by atoms with Crippen LogP contribution in [0.4, 0.5) is 17.6 Å². The molecular weight excluding hydrogens is 336 g/mol. The highest BCUT2D eigenvalue weighted by Crippen LogP contribution is 2.21. The van der Waals surface area contributed by atoms with Crippen molar-refractivity contribution in [3.05, 3.63) is 81.9 Å². The van der Waals surface area contributed by atoms with Gasteiger partial charge in [0.15, 0.2) is 29.1 Å². The summed E-state index contributed by atoms with van der Waals surface area (Å²) < 4.78 is 57.8. The molecule has 1 aliphatic heterocycles. The third kappa shape index (κ3) is 3.85. The summed E-state index contributed by atoms with van der Waals surface area (Å²) in [5.41, 5.74) is 1.15. The molecule has 25 heavy (non-hydrogen) atoms. The van der Waals surface area contributed by atoms with Gasteiger partial charge in [0, 0.05) is 11.1 Å². The molecular formula is C19H12F4O2. The van der Waals surface area contributed by atoms with Gasteiger partial charge >= 0.3 is 0 Å². The van der Waals surface area contributed by atoms with Gasteiger partial charge in [-0.05, 0) is 47.5 Å². The summed E-state index contributed by atoms with van der Waals surface area (Å²) in [6, 6.07) is 6.56. The molecule has 0 aromatic heterocycles. The van der Waals surface area contributed by atoms with Crippen LogP contribution in [0.1, 0.15) is 11.1 Å². The molecule has 0 atom stereocenters. The SMILES string of the molecule is O=C1/C(=C/c2ccc(F)c(F)c2)COC/C1=C\c1ccc(F)c(F)c1. The van der Waals surface area contributed by atoms with Crippen molar-refractivity contribution < 1.29 is 27.1 Å².